The van der Waals surface area contributed by atoms with Crippen molar-refractivity contribution in [2.45, 2.75) is 50.6 Å². The summed E-state index contributed by atoms with van der Waals surface area (Å²) in [5.74, 6) is -0.391. The second kappa shape index (κ2) is 5.76. The summed E-state index contributed by atoms with van der Waals surface area (Å²) in [4.78, 5) is 15.9. The molecule has 3 fully saturated rings. The van der Waals surface area contributed by atoms with E-state index in [2.05, 4.69) is 15.4 Å². The monoisotopic (exact) mass is 430 g/mol. The van der Waals surface area contributed by atoms with E-state index in [1.165, 1.54) is 6.07 Å². The summed E-state index contributed by atoms with van der Waals surface area (Å²) in [5, 5.41) is 7.14. The maximum absolute atomic E-state index is 13.0. The Hall–Kier alpha value is -2.59. The lowest BCUT2D eigenvalue weighted by Gasteiger charge is -2.69. The lowest BCUT2D eigenvalue weighted by molar-refractivity contribution is -0.351. The van der Waals surface area contributed by atoms with Crippen LogP contribution in [-0.2, 0) is 17.5 Å². The summed E-state index contributed by atoms with van der Waals surface area (Å²) < 4.78 is 79.3. The van der Waals surface area contributed by atoms with Crippen molar-refractivity contribution in [3.63, 3.8) is 0 Å². The van der Waals surface area contributed by atoms with Gasteiger partial charge >= 0.3 is 12.4 Å². The number of fused-ring (bicyclic) bond motifs is 1. The lowest BCUT2D eigenvalue weighted by atomic mass is 9.34. The average molecular weight is 430 g/mol. The van der Waals surface area contributed by atoms with Crippen LogP contribution in [0.1, 0.15) is 43.1 Å². The van der Waals surface area contributed by atoms with Gasteiger partial charge in [-0.15, -0.1) is 0 Å². The van der Waals surface area contributed by atoms with E-state index in [4.69, 9.17) is 0 Å². The van der Waals surface area contributed by atoms with E-state index < -0.39 is 40.8 Å². The van der Waals surface area contributed by atoms with Crippen LogP contribution in [0.2, 0.25) is 0 Å². The Morgan fingerprint density at radius 3 is 2.47 bits per heavy atom. The highest BCUT2D eigenvalue weighted by atomic mass is 19.4. The Bertz CT molecular complexity index is 1020. The number of aromatic nitrogens is 3. The van der Waals surface area contributed by atoms with E-state index >= 15 is 0 Å². The molecule has 2 bridgehead atoms. The maximum Gasteiger partial charge on any atom is 0.433 e. The third-order valence-electron chi connectivity index (χ3n) is 6.56. The van der Waals surface area contributed by atoms with Gasteiger partial charge < -0.3 is 5.32 Å². The van der Waals surface area contributed by atoms with E-state index in [-0.39, 0.29) is 24.8 Å². The minimum atomic E-state index is -4.58. The quantitative estimate of drug-likeness (QED) is 0.741. The third kappa shape index (κ3) is 2.66. The molecule has 1 atom stereocenters. The third-order valence-corrected chi connectivity index (χ3v) is 6.56. The molecule has 2 aromatic rings. The molecular formula is C19H16F6N4O. The maximum atomic E-state index is 13.0. The summed E-state index contributed by atoms with van der Waals surface area (Å²) in [6, 6.07) is 3.49. The standard InChI is InChI=1S/C19H16F6N4O/c20-18(21,22)14-5-10(1-3-26-14)12-6-13-11(2-4-29(13)28-12)27-15(30)16-7-17(8-16,9-16)19(23,24)25/h1,3,5-6,11H,2,4,7-9H2,(H,27,30)/t11-,16?,17?/m0/s1. The van der Waals surface area contributed by atoms with Crippen molar-refractivity contribution in [3.05, 3.63) is 35.8 Å². The summed E-state index contributed by atoms with van der Waals surface area (Å²) in [7, 11) is 0. The first-order valence-corrected chi connectivity index (χ1v) is 9.42. The van der Waals surface area contributed by atoms with E-state index in [1.807, 2.05) is 0 Å². The van der Waals surface area contributed by atoms with Gasteiger partial charge in [-0.2, -0.15) is 31.4 Å². The number of hydrogen-bond donors (Lipinski definition) is 1. The molecule has 0 spiro atoms. The second-order valence-electron chi connectivity index (χ2n) is 8.51. The Balaban J connectivity index is 1.31. The van der Waals surface area contributed by atoms with Gasteiger partial charge in [0.25, 0.3) is 0 Å². The molecular weight excluding hydrogens is 414 g/mol. The summed E-state index contributed by atoms with van der Waals surface area (Å²) in [6.45, 7) is 0.455. The molecule has 0 radical (unpaired) electrons. The van der Waals surface area contributed by atoms with Crippen molar-refractivity contribution >= 4 is 5.91 Å². The zero-order valence-corrected chi connectivity index (χ0v) is 15.4. The molecule has 4 aliphatic rings. The number of aryl methyl sites for hydroxylation is 1. The van der Waals surface area contributed by atoms with Crippen LogP contribution in [-0.4, -0.2) is 26.8 Å². The fraction of sp³-hybridized carbons (Fsp3) is 0.526. The van der Waals surface area contributed by atoms with Gasteiger partial charge in [-0.3, -0.25) is 14.5 Å². The van der Waals surface area contributed by atoms with Crippen LogP contribution in [0.15, 0.2) is 24.4 Å². The Morgan fingerprint density at radius 2 is 1.83 bits per heavy atom. The molecule has 1 N–H and O–H groups in total. The minimum Gasteiger partial charge on any atom is -0.347 e. The van der Waals surface area contributed by atoms with E-state index in [0.29, 0.717) is 24.4 Å². The minimum absolute atomic E-state index is 0.177. The molecule has 0 saturated heterocycles. The lowest BCUT2D eigenvalue weighted by Crippen LogP contribution is -2.72. The molecule has 5 nitrogen and oxygen atoms in total. The average Bonchev–Trinajstić information content (AvgIpc) is 3.12. The van der Waals surface area contributed by atoms with Gasteiger partial charge in [0.1, 0.15) is 5.69 Å². The van der Waals surface area contributed by atoms with Crippen LogP contribution in [0, 0.1) is 10.8 Å². The number of rotatable bonds is 3. The number of halogens is 6. The van der Waals surface area contributed by atoms with Crippen molar-refractivity contribution in [3.8, 4) is 11.3 Å². The van der Waals surface area contributed by atoms with Crippen molar-refractivity contribution in [2.75, 3.05) is 0 Å². The number of carbonyl (C=O) groups is 1. The molecule has 0 unspecified atom stereocenters. The number of pyridine rings is 1. The molecule has 0 aromatic carbocycles. The topological polar surface area (TPSA) is 59.8 Å². The predicted molar refractivity (Wildman–Crippen MR) is 90.7 cm³/mol. The number of hydrogen-bond acceptors (Lipinski definition) is 3. The zero-order valence-electron chi connectivity index (χ0n) is 15.4. The van der Waals surface area contributed by atoms with Gasteiger partial charge in [-0.1, -0.05) is 0 Å². The highest BCUT2D eigenvalue weighted by Gasteiger charge is 2.80. The van der Waals surface area contributed by atoms with Crippen LogP contribution in [0.3, 0.4) is 0 Å². The Kier molecular flexibility index (Phi) is 3.72. The molecule has 30 heavy (non-hydrogen) atoms. The number of alkyl halides is 6. The van der Waals surface area contributed by atoms with Gasteiger partial charge in [0, 0.05) is 18.3 Å². The molecule has 3 heterocycles. The van der Waals surface area contributed by atoms with Crippen LogP contribution in [0.25, 0.3) is 11.3 Å². The Labute approximate surface area is 166 Å². The largest absolute Gasteiger partial charge is 0.433 e. The molecule has 2 aromatic heterocycles. The number of amides is 1. The Morgan fingerprint density at radius 1 is 1.13 bits per heavy atom. The normalized spacial score (nSPS) is 29.7. The van der Waals surface area contributed by atoms with Gasteiger partial charge in [0.15, 0.2) is 0 Å². The van der Waals surface area contributed by atoms with E-state index in [1.54, 1.807) is 10.7 Å². The van der Waals surface area contributed by atoms with Crippen LogP contribution in [0.4, 0.5) is 26.3 Å². The van der Waals surface area contributed by atoms with Crippen molar-refractivity contribution in [1.29, 1.82) is 0 Å². The number of carbonyl (C=O) groups excluding carboxylic acids is 1. The summed E-state index contributed by atoms with van der Waals surface area (Å²) in [5.41, 5.74) is -2.49. The molecule has 3 saturated carbocycles. The molecule has 11 heteroatoms. The van der Waals surface area contributed by atoms with Crippen LogP contribution >= 0.6 is 0 Å². The molecule has 1 aliphatic heterocycles. The summed E-state index contributed by atoms with van der Waals surface area (Å²) >= 11 is 0. The first kappa shape index (κ1) is 19.4. The van der Waals surface area contributed by atoms with Gasteiger partial charge in [0.05, 0.1) is 28.3 Å². The van der Waals surface area contributed by atoms with Crippen molar-refractivity contribution in [2.24, 2.45) is 10.8 Å². The number of nitrogens with one attached hydrogen (secondary N) is 1. The second-order valence-corrected chi connectivity index (χ2v) is 8.51. The smallest absolute Gasteiger partial charge is 0.347 e. The predicted octanol–water partition coefficient (Wildman–Crippen LogP) is 4.26. The van der Waals surface area contributed by atoms with E-state index in [9.17, 15) is 31.1 Å². The first-order valence-electron chi connectivity index (χ1n) is 9.42. The van der Waals surface area contributed by atoms with Gasteiger partial charge in [-0.05, 0) is 43.9 Å². The van der Waals surface area contributed by atoms with Crippen molar-refractivity contribution in [1.82, 2.24) is 20.1 Å². The van der Waals surface area contributed by atoms with Crippen LogP contribution < -0.4 is 5.32 Å². The van der Waals surface area contributed by atoms with Gasteiger partial charge in [-0.25, -0.2) is 0 Å². The molecule has 6 rings (SSSR count). The van der Waals surface area contributed by atoms with E-state index in [0.717, 1.165) is 12.3 Å². The molecule has 160 valence electrons. The fourth-order valence-corrected chi connectivity index (χ4v) is 4.96. The molecule has 3 aliphatic carbocycles. The number of nitrogens with zero attached hydrogens (tertiary/aromatic N) is 3. The first-order chi connectivity index (χ1) is 13.9. The summed E-state index contributed by atoms with van der Waals surface area (Å²) in [6.07, 6.45) is -7.81. The molecule has 1 amide bonds. The highest BCUT2D eigenvalue weighted by molar-refractivity contribution is 5.87. The van der Waals surface area contributed by atoms with Gasteiger partial charge in [0.2, 0.25) is 5.91 Å². The SMILES string of the molecule is O=C(N[C@H]1CCn2nc(-c3ccnc(C(F)(F)F)c3)cc21)C12CC(C(F)(F)F)(C1)C2. The van der Waals surface area contributed by atoms with Crippen molar-refractivity contribution < 1.29 is 31.1 Å². The zero-order chi connectivity index (χ0) is 21.5. The highest BCUT2D eigenvalue weighted by Crippen LogP contribution is 2.78. The fourth-order valence-electron chi connectivity index (χ4n) is 4.96. The van der Waals surface area contributed by atoms with Crippen LogP contribution in [0.5, 0.6) is 0 Å².